The van der Waals surface area contributed by atoms with Gasteiger partial charge in [0.2, 0.25) is 0 Å². The van der Waals surface area contributed by atoms with Crippen molar-refractivity contribution in [2.45, 2.75) is 6.92 Å². The fourth-order valence-electron chi connectivity index (χ4n) is 3.03. The average Bonchev–Trinajstić information content (AvgIpc) is 2.64. The molecular formula is C19H19Cl2N3O2S. The summed E-state index contributed by atoms with van der Waals surface area (Å²) in [4.78, 5) is 15.5. The van der Waals surface area contributed by atoms with Crippen LogP contribution in [0.25, 0.3) is 0 Å². The second kappa shape index (κ2) is 8.33. The van der Waals surface area contributed by atoms with E-state index in [2.05, 4.69) is 15.1 Å². The van der Waals surface area contributed by atoms with Gasteiger partial charge < -0.3 is 20.2 Å². The molecule has 0 aromatic heterocycles. The predicted molar refractivity (Wildman–Crippen MR) is 115 cm³/mol. The SMILES string of the molecule is Cc1cc(NC(=S)N2CCN(c3ccc(Cl)c(Cl)c3)CC2)ccc1C(=O)O. The van der Waals surface area contributed by atoms with Crippen LogP contribution in [0, 0.1) is 6.92 Å². The van der Waals surface area contributed by atoms with Crippen molar-refractivity contribution in [1.29, 1.82) is 0 Å². The third kappa shape index (κ3) is 4.64. The highest BCUT2D eigenvalue weighted by atomic mass is 35.5. The van der Waals surface area contributed by atoms with E-state index in [-0.39, 0.29) is 0 Å². The van der Waals surface area contributed by atoms with Crippen LogP contribution in [0.3, 0.4) is 0 Å². The van der Waals surface area contributed by atoms with Crippen LogP contribution in [0.5, 0.6) is 0 Å². The summed E-state index contributed by atoms with van der Waals surface area (Å²) >= 11 is 17.6. The van der Waals surface area contributed by atoms with Gasteiger partial charge in [-0.25, -0.2) is 4.79 Å². The van der Waals surface area contributed by atoms with Gasteiger partial charge in [-0.3, -0.25) is 0 Å². The minimum Gasteiger partial charge on any atom is -0.478 e. The van der Waals surface area contributed by atoms with Crippen LogP contribution in [0.4, 0.5) is 11.4 Å². The summed E-state index contributed by atoms with van der Waals surface area (Å²) in [5, 5.41) is 14.0. The molecule has 1 aliphatic heterocycles. The van der Waals surface area contributed by atoms with Crippen molar-refractivity contribution in [1.82, 2.24) is 4.90 Å². The van der Waals surface area contributed by atoms with E-state index in [0.29, 0.717) is 26.3 Å². The highest BCUT2D eigenvalue weighted by Crippen LogP contribution is 2.28. The fraction of sp³-hybridized carbons (Fsp3) is 0.263. The lowest BCUT2D eigenvalue weighted by Gasteiger charge is -2.37. The van der Waals surface area contributed by atoms with Crippen molar-refractivity contribution in [3.63, 3.8) is 0 Å². The third-order valence-corrected chi connectivity index (χ3v) is 5.64. The first-order valence-corrected chi connectivity index (χ1v) is 9.61. The Bertz CT molecular complexity index is 883. The zero-order valence-corrected chi connectivity index (χ0v) is 17.0. The molecule has 1 fully saturated rings. The van der Waals surface area contributed by atoms with E-state index in [4.69, 9.17) is 40.5 Å². The molecule has 1 heterocycles. The Morgan fingerprint density at radius 1 is 1.07 bits per heavy atom. The van der Waals surface area contributed by atoms with Crippen LogP contribution < -0.4 is 10.2 Å². The number of carboxylic acid groups (broad SMARTS) is 1. The first-order chi connectivity index (χ1) is 12.8. The zero-order chi connectivity index (χ0) is 19.6. The Kier molecular flexibility index (Phi) is 6.09. The lowest BCUT2D eigenvalue weighted by atomic mass is 10.1. The number of carbonyl (C=O) groups is 1. The minimum absolute atomic E-state index is 0.293. The Morgan fingerprint density at radius 2 is 1.78 bits per heavy atom. The highest BCUT2D eigenvalue weighted by Gasteiger charge is 2.20. The molecule has 3 rings (SSSR count). The number of hydrogen-bond acceptors (Lipinski definition) is 3. The maximum Gasteiger partial charge on any atom is 0.335 e. The molecule has 2 aromatic rings. The largest absolute Gasteiger partial charge is 0.478 e. The van der Waals surface area contributed by atoms with Gasteiger partial charge in [0, 0.05) is 37.6 Å². The van der Waals surface area contributed by atoms with Crippen molar-refractivity contribution >= 4 is 57.9 Å². The minimum atomic E-state index is -0.931. The van der Waals surface area contributed by atoms with Gasteiger partial charge in [0.05, 0.1) is 15.6 Å². The van der Waals surface area contributed by atoms with E-state index < -0.39 is 5.97 Å². The van der Waals surface area contributed by atoms with E-state index in [1.54, 1.807) is 31.2 Å². The van der Waals surface area contributed by atoms with Crippen molar-refractivity contribution < 1.29 is 9.90 Å². The van der Waals surface area contributed by atoms with E-state index in [9.17, 15) is 4.79 Å². The molecule has 1 saturated heterocycles. The Labute approximate surface area is 173 Å². The maximum absolute atomic E-state index is 11.1. The Hall–Kier alpha value is -2.02. The number of anilines is 2. The van der Waals surface area contributed by atoms with E-state index in [0.717, 1.165) is 37.6 Å². The summed E-state index contributed by atoms with van der Waals surface area (Å²) in [6, 6.07) is 10.8. The van der Waals surface area contributed by atoms with Crippen LogP contribution in [-0.4, -0.2) is 47.3 Å². The highest BCUT2D eigenvalue weighted by molar-refractivity contribution is 7.80. The molecule has 2 N–H and O–H groups in total. The average molecular weight is 424 g/mol. The standard InChI is InChI=1S/C19H19Cl2N3O2S/c1-12-10-13(2-4-15(12)18(25)26)22-19(27)24-8-6-23(7-9-24)14-3-5-16(20)17(21)11-14/h2-5,10-11H,6-9H2,1H3,(H,22,27)(H,25,26). The molecule has 2 aromatic carbocycles. The number of benzene rings is 2. The number of thiocarbonyl (C=S) groups is 1. The second-order valence-corrected chi connectivity index (χ2v) is 7.54. The smallest absolute Gasteiger partial charge is 0.335 e. The summed E-state index contributed by atoms with van der Waals surface area (Å²) in [5.74, 6) is -0.931. The number of rotatable bonds is 3. The van der Waals surface area contributed by atoms with Crippen LogP contribution in [0.2, 0.25) is 10.0 Å². The van der Waals surface area contributed by atoms with Crippen molar-refractivity contribution in [3.05, 3.63) is 57.6 Å². The first-order valence-electron chi connectivity index (χ1n) is 8.45. The number of hydrogen-bond donors (Lipinski definition) is 2. The molecule has 0 amide bonds. The normalized spacial score (nSPS) is 14.2. The molecule has 0 atom stereocenters. The van der Waals surface area contributed by atoms with Gasteiger partial charge in [0.25, 0.3) is 0 Å². The van der Waals surface area contributed by atoms with Crippen molar-refractivity contribution in [3.8, 4) is 0 Å². The summed E-state index contributed by atoms with van der Waals surface area (Å²) in [6.45, 7) is 4.96. The summed E-state index contributed by atoms with van der Waals surface area (Å²) < 4.78 is 0. The Morgan fingerprint density at radius 3 is 2.37 bits per heavy atom. The van der Waals surface area contributed by atoms with Gasteiger partial charge in [0.1, 0.15) is 0 Å². The number of piperazine rings is 1. The van der Waals surface area contributed by atoms with Crippen LogP contribution in [0.1, 0.15) is 15.9 Å². The van der Waals surface area contributed by atoms with Gasteiger partial charge in [-0.2, -0.15) is 0 Å². The molecule has 5 nitrogen and oxygen atoms in total. The zero-order valence-electron chi connectivity index (χ0n) is 14.7. The lowest BCUT2D eigenvalue weighted by molar-refractivity contribution is 0.0696. The maximum atomic E-state index is 11.1. The molecular weight excluding hydrogens is 405 g/mol. The second-order valence-electron chi connectivity index (χ2n) is 6.34. The molecule has 0 radical (unpaired) electrons. The first kappa shape index (κ1) is 19.7. The lowest BCUT2D eigenvalue weighted by Crippen LogP contribution is -2.50. The van der Waals surface area contributed by atoms with Crippen molar-refractivity contribution in [2.24, 2.45) is 0 Å². The van der Waals surface area contributed by atoms with Crippen molar-refractivity contribution in [2.75, 3.05) is 36.4 Å². The van der Waals surface area contributed by atoms with Crippen LogP contribution >= 0.6 is 35.4 Å². The number of nitrogens with zero attached hydrogens (tertiary/aromatic N) is 2. The number of nitrogens with one attached hydrogen (secondary N) is 1. The monoisotopic (exact) mass is 423 g/mol. The van der Waals surface area contributed by atoms with Gasteiger partial charge in [-0.15, -0.1) is 0 Å². The van der Waals surface area contributed by atoms with Gasteiger partial charge in [0.15, 0.2) is 5.11 Å². The molecule has 27 heavy (non-hydrogen) atoms. The summed E-state index contributed by atoms with van der Waals surface area (Å²) in [5.41, 5.74) is 2.82. The number of aryl methyl sites for hydroxylation is 1. The van der Waals surface area contributed by atoms with Crippen LogP contribution in [-0.2, 0) is 0 Å². The van der Waals surface area contributed by atoms with E-state index in [1.165, 1.54) is 0 Å². The van der Waals surface area contributed by atoms with E-state index >= 15 is 0 Å². The number of carboxylic acids is 1. The molecule has 0 saturated carbocycles. The number of aromatic carboxylic acids is 1. The fourth-order valence-corrected chi connectivity index (χ4v) is 3.63. The topological polar surface area (TPSA) is 55.8 Å². The van der Waals surface area contributed by atoms with Gasteiger partial charge in [-0.05, 0) is 61.1 Å². The molecule has 1 aliphatic rings. The summed E-state index contributed by atoms with van der Waals surface area (Å²) in [6.07, 6.45) is 0. The Balaban J connectivity index is 1.59. The molecule has 0 bridgehead atoms. The van der Waals surface area contributed by atoms with Gasteiger partial charge in [-0.1, -0.05) is 23.2 Å². The molecule has 8 heteroatoms. The third-order valence-electron chi connectivity index (χ3n) is 4.54. The van der Waals surface area contributed by atoms with E-state index in [1.807, 2.05) is 12.1 Å². The molecule has 0 aliphatic carbocycles. The molecule has 142 valence electrons. The van der Waals surface area contributed by atoms with Gasteiger partial charge >= 0.3 is 5.97 Å². The predicted octanol–water partition coefficient (Wildman–Crippen LogP) is 4.52. The molecule has 0 spiro atoms. The molecule has 0 unspecified atom stereocenters. The quantitative estimate of drug-likeness (QED) is 0.707. The number of halogens is 2. The summed E-state index contributed by atoms with van der Waals surface area (Å²) in [7, 11) is 0. The van der Waals surface area contributed by atoms with Crippen LogP contribution in [0.15, 0.2) is 36.4 Å².